The van der Waals surface area contributed by atoms with Crippen LogP contribution in [0.25, 0.3) is 0 Å². The lowest BCUT2D eigenvalue weighted by molar-refractivity contribution is -0.139. The minimum absolute atomic E-state index is 0.128. The van der Waals surface area contributed by atoms with Gasteiger partial charge in [0.15, 0.2) is 11.5 Å². The van der Waals surface area contributed by atoms with Crippen molar-refractivity contribution in [2.45, 2.75) is 32.6 Å². The Balaban J connectivity index is 1.91. The predicted molar refractivity (Wildman–Crippen MR) is 94.0 cm³/mol. The van der Waals surface area contributed by atoms with Crippen molar-refractivity contribution in [2.75, 3.05) is 27.3 Å². The first kappa shape index (κ1) is 19.1. The van der Waals surface area contributed by atoms with Crippen molar-refractivity contribution in [3.63, 3.8) is 0 Å². The second kappa shape index (κ2) is 8.74. The van der Waals surface area contributed by atoms with Gasteiger partial charge < -0.3 is 19.5 Å². The molecule has 1 aromatic carbocycles. The Morgan fingerprint density at radius 1 is 1.20 bits per heavy atom. The first-order valence-corrected chi connectivity index (χ1v) is 8.66. The number of carbonyl (C=O) groups is 2. The molecule has 1 aliphatic rings. The van der Waals surface area contributed by atoms with Crippen LogP contribution in [0, 0.1) is 11.8 Å². The minimum Gasteiger partial charge on any atom is -0.493 e. The summed E-state index contributed by atoms with van der Waals surface area (Å²) in [6.07, 6.45) is 2.36. The Kier molecular flexibility index (Phi) is 6.67. The maximum atomic E-state index is 12.7. The van der Waals surface area contributed by atoms with Gasteiger partial charge in [-0.3, -0.25) is 9.59 Å². The molecule has 138 valence electrons. The van der Waals surface area contributed by atoms with Crippen LogP contribution in [0.1, 0.15) is 31.7 Å². The van der Waals surface area contributed by atoms with Gasteiger partial charge in [-0.25, -0.2) is 0 Å². The number of methoxy groups -OCH3 is 2. The summed E-state index contributed by atoms with van der Waals surface area (Å²) in [5, 5.41) is 8.87. The zero-order valence-electron chi connectivity index (χ0n) is 15.2. The van der Waals surface area contributed by atoms with Crippen LogP contribution in [0.15, 0.2) is 18.2 Å². The van der Waals surface area contributed by atoms with E-state index in [1.165, 1.54) is 0 Å². The quantitative estimate of drug-likeness (QED) is 0.819. The number of ether oxygens (including phenoxy) is 2. The van der Waals surface area contributed by atoms with E-state index in [9.17, 15) is 9.59 Å². The largest absolute Gasteiger partial charge is 0.493 e. The third-order valence-electron chi connectivity index (χ3n) is 4.80. The number of amides is 1. The number of carbonyl (C=O) groups excluding carboxylic acids is 1. The van der Waals surface area contributed by atoms with Gasteiger partial charge in [0.25, 0.3) is 0 Å². The number of aliphatic carboxylic acids is 1. The number of hydrogen-bond donors (Lipinski definition) is 1. The average molecular weight is 349 g/mol. The first-order valence-electron chi connectivity index (χ1n) is 8.66. The number of rotatable bonds is 7. The Labute approximate surface area is 148 Å². The number of likely N-dealkylation sites (tertiary alicyclic amines) is 1. The predicted octanol–water partition coefficient (Wildman–Crippen LogP) is 2.60. The van der Waals surface area contributed by atoms with Crippen molar-refractivity contribution in [3.8, 4) is 11.5 Å². The highest BCUT2D eigenvalue weighted by atomic mass is 16.5. The van der Waals surface area contributed by atoms with Gasteiger partial charge in [0.1, 0.15) is 0 Å². The molecule has 1 aliphatic heterocycles. The SMILES string of the molecule is COc1ccc(CC(C)C(=O)N2CCC(CC(=O)O)CC2)cc1OC. The zero-order chi connectivity index (χ0) is 18.4. The van der Waals surface area contributed by atoms with Gasteiger partial charge in [-0.2, -0.15) is 0 Å². The molecular formula is C19H27NO5. The van der Waals surface area contributed by atoms with Gasteiger partial charge in [-0.1, -0.05) is 13.0 Å². The first-order chi connectivity index (χ1) is 11.9. The van der Waals surface area contributed by atoms with E-state index >= 15 is 0 Å². The van der Waals surface area contributed by atoms with Crippen molar-refractivity contribution in [1.82, 2.24) is 4.90 Å². The normalized spacial score (nSPS) is 16.4. The van der Waals surface area contributed by atoms with Gasteiger partial charge in [-0.15, -0.1) is 0 Å². The lowest BCUT2D eigenvalue weighted by atomic mass is 9.92. The van der Waals surface area contributed by atoms with E-state index in [1.54, 1.807) is 14.2 Å². The molecule has 1 heterocycles. The fourth-order valence-corrected chi connectivity index (χ4v) is 3.36. The fraction of sp³-hybridized carbons (Fsp3) is 0.579. The topological polar surface area (TPSA) is 76.1 Å². The summed E-state index contributed by atoms with van der Waals surface area (Å²) in [5.41, 5.74) is 1.03. The van der Waals surface area contributed by atoms with Crippen molar-refractivity contribution in [1.29, 1.82) is 0 Å². The molecule has 1 atom stereocenters. The molecule has 0 saturated carbocycles. The fourth-order valence-electron chi connectivity index (χ4n) is 3.36. The maximum Gasteiger partial charge on any atom is 0.303 e. The molecular weight excluding hydrogens is 322 g/mol. The molecule has 6 heteroatoms. The molecule has 0 bridgehead atoms. The molecule has 1 N–H and O–H groups in total. The molecule has 1 aromatic rings. The van der Waals surface area contributed by atoms with Crippen LogP contribution in [0.4, 0.5) is 0 Å². The molecule has 0 radical (unpaired) electrons. The Morgan fingerprint density at radius 3 is 2.40 bits per heavy atom. The van der Waals surface area contributed by atoms with Crippen LogP contribution in [0.2, 0.25) is 0 Å². The van der Waals surface area contributed by atoms with Crippen molar-refractivity contribution >= 4 is 11.9 Å². The second-order valence-corrected chi connectivity index (χ2v) is 6.66. The Morgan fingerprint density at radius 2 is 1.84 bits per heavy atom. The molecule has 0 spiro atoms. The monoisotopic (exact) mass is 349 g/mol. The summed E-state index contributed by atoms with van der Waals surface area (Å²) in [6, 6.07) is 5.70. The highest BCUT2D eigenvalue weighted by Gasteiger charge is 2.27. The molecule has 1 amide bonds. The molecule has 1 fully saturated rings. The third kappa shape index (κ3) is 5.11. The van der Waals surface area contributed by atoms with E-state index < -0.39 is 5.97 Å². The van der Waals surface area contributed by atoms with Gasteiger partial charge in [0, 0.05) is 25.4 Å². The summed E-state index contributed by atoms with van der Waals surface area (Å²) in [5.74, 6) is 0.756. The molecule has 2 rings (SSSR count). The number of nitrogens with zero attached hydrogens (tertiary/aromatic N) is 1. The number of benzene rings is 1. The van der Waals surface area contributed by atoms with E-state index in [0.29, 0.717) is 31.0 Å². The highest BCUT2D eigenvalue weighted by molar-refractivity contribution is 5.79. The van der Waals surface area contributed by atoms with E-state index in [1.807, 2.05) is 30.0 Å². The smallest absolute Gasteiger partial charge is 0.303 e. The summed E-state index contributed by atoms with van der Waals surface area (Å²) < 4.78 is 10.5. The third-order valence-corrected chi connectivity index (χ3v) is 4.80. The summed E-state index contributed by atoms with van der Waals surface area (Å²) in [6.45, 7) is 3.22. The van der Waals surface area contributed by atoms with E-state index in [0.717, 1.165) is 18.4 Å². The van der Waals surface area contributed by atoms with E-state index in [2.05, 4.69) is 0 Å². The van der Waals surface area contributed by atoms with E-state index in [-0.39, 0.29) is 24.2 Å². The lowest BCUT2D eigenvalue weighted by Gasteiger charge is -2.33. The van der Waals surface area contributed by atoms with Crippen LogP contribution in [-0.4, -0.2) is 49.2 Å². The van der Waals surface area contributed by atoms with Crippen LogP contribution < -0.4 is 9.47 Å². The van der Waals surface area contributed by atoms with Gasteiger partial charge in [0.05, 0.1) is 14.2 Å². The molecule has 1 saturated heterocycles. The van der Waals surface area contributed by atoms with Crippen LogP contribution >= 0.6 is 0 Å². The van der Waals surface area contributed by atoms with Crippen LogP contribution in [0.5, 0.6) is 11.5 Å². The molecule has 1 unspecified atom stereocenters. The molecule has 25 heavy (non-hydrogen) atoms. The maximum absolute atomic E-state index is 12.7. The van der Waals surface area contributed by atoms with Gasteiger partial charge in [0.2, 0.25) is 5.91 Å². The number of carboxylic acid groups (broad SMARTS) is 1. The van der Waals surface area contributed by atoms with Gasteiger partial charge >= 0.3 is 5.97 Å². The number of piperidine rings is 1. The van der Waals surface area contributed by atoms with Gasteiger partial charge in [-0.05, 0) is 42.9 Å². The number of carboxylic acids is 1. The Hall–Kier alpha value is -2.24. The molecule has 6 nitrogen and oxygen atoms in total. The second-order valence-electron chi connectivity index (χ2n) is 6.66. The van der Waals surface area contributed by atoms with Crippen molar-refractivity contribution in [3.05, 3.63) is 23.8 Å². The molecule has 0 aromatic heterocycles. The highest BCUT2D eigenvalue weighted by Crippen LogP contribution is 2.29. The number of hydrogen-bond acceptors (Lipinski definition) is 4. The van der Waals surface area contributed by atoms with Crippen molar-refractivity contribution < 1.29 is 24.2 Å². The summed E-state index contributed by atoms with van der Waals surface area (Å²) in [7, 11) is 3.19. The lowest BCUT2D eigenvalue weighted by Crippen LogP contribution is -2.42. The zero-order valence-corrected chi connectivity index (χ0v) is 15.2. The standard InChI is InChI=1S/C19H27NO5/c1-13(10-15-4-5-16(24-2)17(11-15)25-3)19(23)20-8-6-14(7-9-20)12-18(21)22/h4-5,11,13-14H,6-10,12H2,1-3H3,(H,21,22). The summed E-state index contributed by atoms with van der Waals surface area (Å²) >= 11 is 0. The molecule has 0 aliphatic carbocycles. The average Bonchev–Trinajstić information content (AvgIpc) is 2.61. The van der Waals surface area contributed by atoms with Crippen LogP contribution in [-0.2, 0) is 16.0 Å². The Bertz CT molecular complexity index is 608. The summed E-state index contributed by atoms with van der Waals surface area (Å²) in [4.78, 5) is 25.3. The van der Waals surface area contributed by atoms with Crippen LogP contribution in [0.3, 0.4) is 0 Å². The minimum atomic E-state index is -0.758. The van der Waals surface area contributed by atoms with Crippen molar-refractivity contribution in [2.24, 2.45) is 11.8 Å². The van der Waals surface area contributed by atoms with E-state index in [4.69, 9.17) is 14.6 Å².